The second kappa shape index (κ2) is 4.58. The van der Waals surface area contributed by atoms with Crippen molar-refractivity contribution in [1.29, 1.82) is 0 Å². The third-order valence-corrected chi connectivity index (χ3v) is 3.48. The van der Waals surface area contributed by atoms with Gasteiger partial charge in [-0.15, -0.1) is 0 Å². The minimum Gasteiger partial charge on any atom is -0.381 e. The molecule has 0 aromatic carbocycles. The molecule has 1 aliphatic heterocycles. The molecule has 2 heterocycles. The quantitative estimate of drug-likeness (QED) is 0.783. The van der Waals surface area contributed by atoms with E-state index >= 15 is 0 Å². The SMILES string of the molecule is NC1C=CC(c2nc(C3CCOCC3)no2)C1. The largest absolute Gasteiger partial charge is 0.381 e. The minimum atomic E-state index is 0.124. The van der Waals surface area contributed by atoms with Gasteiger partial charge in [0.15, 0.2) is 5.82 Å². The Labute approximate surface area is 100 Å². The van der Waals surface area contributed by atoms with E-state index in [1.54, 1.807) is 0 Å². The maximum atomic E-state index is 5.82. The fourth-order valence-electron chi connectivity index (χ4n) is 2.43. The Hall–Kier alpha value is -1.20. The zero-order chi connectivity index (χ0) is 11.7. The lowest BCUT2D eigenvalue weighted by molar-refractivity contribution is 0.0830. The first-order valence-electron chi connectivity index (χ1n) is 6.18. The van der Waals surface area contributed by atoms with Gasteiger partial charge in [-0.25, -0.2) is 0 Å². The topological polar surface area (TPSA) is 74.2 Å². The van der Waals surface area contributed by atoms with Crippen molar-refractivity contribution < 1.29 is 9.26 Å². The molecule has 2 aliphatic rings. The van der Waals surface area contributed by atoms with Crippen molar-refractivity contribution in [2.45, 2.75) is 37.1 Å². The van der Waals surface area contributed by atoms with Gasteiger partial charge in [0.1, 0.15) is 0 Å². The first-order chi connectivity index (χ1) is 8.33. The molecule has 2 unspecified atom stereocenters. The molecular weight excluding hydrogens is 218 g/mol. The van der Waals surface area contributed by atoms with Crippen LogP contribution in [0.4, 0.5) is 0 Å². The van der Waals surface area contributed by atoms with Crippen LogP contribution in [0.2, 0.25) is 0 Å². The van der Waals surface area contributed by atoms with Gasteiger partial charge in [-0.05, 0) is 19.3 Å². The number of nitrogens with zero attached hydrogens (tertiary/aromatic N) is 2. The van der Waals surface area contributed by atoms with E-state index in [0.717, 1.165) is 38.3 Å². The highest BCUT2D eigenvalue weighted by molar-refractivity contribution is 5.15. The van der Waals surface area contributed by atoms with E-state index in [-0.39, 0.29) is 12.0 Å². The Balaban J connectivity index is 1.71. The maximum Gasteiger partial charge on any atom is 0.233 e. The third kappa shape index (κ3) is 2.25. The van der Waals surface area contributed by atoms with E-state index in [0.29, 0.717) is 11.8 Å². The molecular formula is C12H17N3O2. The first-order valence-corrected chi connectivity index (χ1v) is 6.18. The smallest absolute Gasteiger partial charge is 0.233 e. The van der Waals surface area contributed by atoms with Crippen LogP contribution in [0.3, 0.4) is 0 Å². The minimum absolute atomic E-state index is 0.124. The Morgan fingerprint density at radius 3 is 2.76 bits per heavy atom. The van der Waals surface area contributed by atoms with Crippen LogP contribution in [0.5, 0.6) is 0 Å². The highest BCUT2D eigenvalue weighted by Crippen LogP contribution is 2.29. The second-order valence-corrected chi connectivity index (χ2v) is 4.77. The van der Waals surface area contributed by atoms with Gasteiger partial charge in [-0.2, -0.15) is 4.98 Å². The summed E-state index contributed by atoms with van der Waals surface area (Å²) < 4.78 is 10.7. The van der Waals surface area contributed by atoms with Gasteiger partial charge in [0.05, 0.1) is 5.92 Å². The predicted molar refractivity (Wildman–Crippen MR) is 61.6 cm³/mol. The van der Waals surface area contributed by atoms with Crippen molar-refractivity contribution in [3.05, 3.63) is 23.9 Å². The summed E-state index contributed by atoms with van der Waals surface area (Å²) in [5.41, 5.74) is 5.82. The van der Waals surface area contributed by atoms with Crippen LogP contribution in [0.25, 0.3) is 0 Å². The van der Waals surface area contributed by atoms with Crippen LogP contribution in [0.15, 0.2) is 16.7 Å². The first kappa shape index (κ1) is 10.9. The molecule has 1 aromatic rings. The number of allylic oxidation sites excluding steroid dienone is 1. The molecule has 0 radical (unpaired) electrons. The van der Waals surface area contributed by atoms with Crippen LogP contribution in [-0.2, 0) is 4.74 Å². The molecule has 3 rings (SSSR count). The van der Waals surface area contributed by atoms with Gasteiger partial charge in [-0.1, -0.05) is 17.3 Å². The maximum absolute atomic E-state index is 5.82. The Morgan fingerprint density at radius 1 is 1.24 bits per heavy atom. The molecule has 2 atom stereocenters. The van der Waals surface area contributed by atoms with Crippen LogP contribution < -0.4 is 5.73 Å². The van der Waals surface area contributed by atoms with E-state index in [9.17, 15) is 0 Å². The average Bonchev–Trinajstić information content (AvgIpc) is 2.98. The van der Waals surface area contributed by atoms with Crippen LogP contribution in [-0.4, -0.2) is 29.4 Å². The number of aromatic nitrogens is 2. The zero-order valence-corrected chi connectivity index (χ0v) is 9.71. The molecule has 0 bridgehead atoms. The summed E-state index contributed by atoms with van der Waals surface area (Å²) >= 11 is 0. The Morgan fingerprint density at radius 2 is 2.06 bits per heavy atom. The van der Waals surface area contributed by atoms with Crippen molar-refractivity contribution in [1.82, 2.24) is 10.1 Å². The summed E-state index contributed by atoms with van der Waals surface area (Å²) in [6.45, 7) is 1.59. The standard InChI is InChI=1S/C12H17N3O2/c13-10-2-1-9(7-10)12-14-11(15-17-12)8-3-5-16-6-4-8/h1-2,8-10H,3-7,13H2. The molecule has 0 spiro atoms. The number of nitrogens with two attached hydrogens (primary N) is 1. The van der Waals surface area contributed by atoms with Gasteiger partial charge in [0.2, 0.25) is 5.89 Å². The molecule has 5 nitrogen and oxygen atoms in total. The van der Waals surface area contributed by atoms with Crippen molar-refractivity contribution in [2.24, 2.45) is 5.73 Å². The molecule has 0 saturated carbocycles. The predicted octanol–water partition coefficient (Wildman–Crippen LogP) is 1.33. The Kier molecular flexibility index (Phi) is 2.94. The van der Waals surface area contributed by atoms with Crippen LogP contribution in [0.1, 0.15) is 42.8 Å². The summed E-state index contributed by atoms with van der Waals surface area (Å²) in [6, 6.07) is 0.124. The van der Waals surface area contributed by atoms with Gasteiger partial charge in [-0.3, -0.25) is 0 Å². The van der Waals surface area contributed by atoms with Gasteiger partial charge >= 0.3 is 0 Å². The number of hydrogen-bond acceptors (Lipinski definition) is 5. The van der Waals surface area contributed by atoms with E-state index in [1.165, 1.54) is 0 Å². The second-order valence-electron chi connectivity index (χ2n) is 4.77. The monoisotopic (exact) mass is 235 g/mol. The number of rotatable bonds is 2. The normalized spacial score (nSPS) is 29.9. The fraction of sp³-hybridized carbons (Fsp3) is 0.667. The molecule has 1 aromatic heterocycles. The average molecular weight is 235 g/mol. The lowest BCUT2D eigenvalue weighted by Crippen LogP contribution is -2.15. The molecule has 17 heavy (non-hydrogen) atoms. The van der Waals surface area contributed by atoms with Gasteiger partial charge in [0, 0.05) is 25.2 Å². The van der Waals surface area contributed by atoms with E-state index in [1.807, 2.05) is 6.08 Å². The van der Waals surface area contributed by atoms with Crippen molar-refractivity contribution in [3.8, 4) is 0 Å². The molecule has 0 amide bonds. The number of hydrogen-bond donors (Lipinski definition) is 1. The lowest BCUT2D eigenvalue weighted by atomic mass is 10.00. The van der Waals surface area contributed by atoms with Crippen molar-refractivity contribution in [3.63, 3.8) is 0 Å². The molecule has 1 aliphatic carbocycles. The highest BCUT2D eigenvalue weighted by atomic mass is 16.5. The zero-order valence-electron chi connectivity index (χ0n) is 9.71. The fourth-order valence-corrected chi connectivity index (χ4v) is 2.43. The summed E-state index contributed by atoms with van der Waals surface area (Å²) in [5, 5.41) is 4.09. The van der Waals surface area contributed by atoms with Crippen molar-refractivity contribution >= 4 is 0 Å². The summed E-state index contributed by atoms with van der Waals surface area (Å²) in [7, 11) is 0. The van der Waals surface area contributed by atoms with Crippen LogP contribution >= 0.6 is 0 Å². The molecule has 92 valence electrons. The molecule has 2 N–H and O–H groups in total. The van der Waals surface area contributed by atoms with Gasteiger partial charge < -0.3 is 15.0 Å². The molecule has 5 heteroatoms. The van der Waals surface area contributed by atoms with Crippen molar-refractivity contribution in [2.75, 3.05) is 13.2 Å². The number of ether oxygens (including phenoxy) is 1. The van der Waals surface area contributed by atoms with E-state index in [4.69, 9.17) is 15.0 Å². The summed E-state index contributed by atoms with van der Waals surface area (Å²) in [4.78, 5) is 4.51. The Bertz CT molecular complexity index is 410. The van der Waals surface area contributed by atoms with E-state index in [2.05, 4.69) is 16.2 Å². The third-order valence-electron chi connectivity index (χ3n) is 3.48. The van der Waals surface area contributed by atoms with Crippen LogP contribution in [0, 0.1) is 0 Å². The van der Waals surface area contributed by atoms with E-state index < -0.39 is 0 Å². The summed E-state index contributed by atoms with van der Waals surface area (Å²) in [6.07, 6.45) is 6.91. The highest BCUT2D eigenvalue weighted by Gasteiger charge is 2.26. The lowest BCUT2D eigenvalue weighted by Gasteiger charge is -2.18. The van der Waals surface area contributed by atoms with Gasteiger partial charge in [0.25, 0.3) is 0 Å². The molecule has 1 saturated heterocycles. The molecule has 1 fully saturated rings. The summed E-state index contributed by atoms with van der Waals surface area (Å²) in [5.74, 6) is 2.12.